The van der Waals surface area contributed by atoms with Crippen LogP contribution in [0.5, 0.6) is 23.0 Å². The number of fused-ring (bicyclic) bond motifs is 15. The number of pyridine rings is 1. The van der Waals surface area contributed by atoms with E-state index in [9.17, 15) is 54.6 Å². The average molecular weight is 1160 g/mol. The van der Waals surface area contributed by atoms with E-state index in [0.29, 0.717) is 50.5 Å². The summed E-state index contributed by atoms with van der Waals surface area (Å²) in [7, 11) is 1.43. The molecule has 22 heteroatoms. The minimum atomic E-state index is -2.11. The summed E-state index contributed by atoms with van der Waals surface area (Å²) >= 11 is 0. The third-order valence-corrected chi connectivity index (χ3v) is 18.6. The maximum atomic E-state index is 16.0. The lowest BCUT2D eigenvalue weighted by molar-refractivity contribution is -0.160. The van der Waals surface area contributed by atoms with Crippen LogP contribution in [0.2, 0.25) is 0 Å². The molecule has 2 saturated heterocycles. The number of aromatic hydroxyl groups is 3. The van der Waals surface area contributed by atoms with Gasteiger partial charge in [0.25, 0.3) is 11.7 Å². The zero-order chi connectivity index (χ0) is 60.6. The van der Waals surface area contributed by atoms with E-state index in [0.717, 1.165) is 32.1 Å². The quantitative estimate of drug-likeness (QED) is 0.0376. The SMILES string of the molecule is CO[C@H]1/C=C/O[C@@]2(C)Oc3c(C)c(O)c4c(O)c(c(/C=N/N5CCN(C6(C7CCN(c8cc9c(cc8F)c(=O)c(C(=O)O)cn9C8CC8)C7)CC6)CC5)c(O)c4c3C2=O)NC(=O)/C(C)=C\C=C\[C@H](C)[C@H](O)[C@@H](C)[C@@H](O)[C@@H](C)[C@H](OC(C)=O)[C@@H]1C. The molecule has 0 radical (unpaired) electrons. The van der Waals surface area contributed by atoms with Crippen molar-refractivity contribution < 1.29 is 73.2 Å². The number of carboxylic acid groups (broad SMARTS) is 1. The number of nitrogens with one attached hydrogen (secondary N) is 1. The van der Waals surface area contributed by atoms with Crippen molar-refractivity contribution in [3.8, 4) is 23.0 Å². The number of methoxy groups -OCH3 is 1. The summed E-state index contributed by atoms with van der Waals surface area (Å²) in [4.78, 5) is 71.0. The van der Waals surface area contributed by atoms with Crippen LogP contribution in [0.4, 0.5) is 15.8 Å². The second kappa shape index (κ2) is 22.8. The molecule has 7 aliphatic rings. The number of aromatic nitrogens is 1. The highest BCUT2D eigenvalue weighted by Gasteiger charge is 2.56. The highest BCUT2D eigenvalue weighted by molar-refractivity contribution is 6.24. The lowest BCUT2D eigenvalue weighted by atomic mass is 9.78. The maximum Gasteiger partial charge on any atom is 0.341 e. The molecule has 7 N–H and O–H groups in total. The molecule has 11 rings (SSSR count). The Balaban J connectivity index is 0.945. The highest BCUT2D eigenvalue weighted by Crippen LogP contribution is 2.56. The van der Waals surface area contributed by atoms with Gasteiger partial charge in [-0.25, -0.2) is 9.18 Å². The number of anilines is 2. The van der Waals surface area contributed by atoms with Crippen molar-refractivity contribution in [1.82, 2.24) is 14.5 Å². The molecule has 1 unspecified atom stereocenters. The van der Waals surface area contributed by atoms with Crippen LogP contribution in [0.1, 0.15) is 118 Å². The number of allylic oxidation sites excluding steroid dienone is 2. The number of benzene rings is 3. The lowest BCUT2D eigenvalue weighted by Crippen LogP contribution is -2.53. The van der Waals surface area contributed by atoms with Crippen LogP contribution >= 0.6 is 0 Å². The van der Waals surface area contributed by atoms with E-state index >= 15 is 4.39 Å². The second-order valence-corrected chi connectivity index (χ2v) is 24.0. The Morgan fingerprint density at radius 1 is 0.893 bits per heavy atom. The molecule has 2 aliphatic carbocycles. The molecule has 4 aromatic rings. The van der Waals surface area contributed by atoms with Crippen LogP contribution in [-0.4, -0.2) is 157 Å². The molecule has 84 heavy (non-hydrogen) atoms. The van der Waals surface area contributed by atoms with Gasteiger partial charge >= 0.3 is 17.7 Å². The van der Waals surface area contributed by atoms with Crippen LogP contribution < -0.4 is 20.4 Å². The fourth-order valence-corrected chi connectivity index (χ4v) is 13.2. The smallest absolute Gasteiger partial charge is 0.341 e. The van der Waals surface area contributed by atoms with E-state index in [2.05, 4.69) is 10.2 Å². The van der Waals surface area contributed by atoms with Gasteiger partial charge in [-0.1, -0.05) is 45.9 Å². The largest absolute Gasteiger partial charge is 0.507 e. The number of halogens is 1. The summed E-state index contributed by atoms with van der Waals surface area (Å²) in [5, 5.41) is 78.2. The molecule has 21 nitrogen and oxygen atoms in total. The molecule has 450 valence electrons. The fourth-order valence-electron chi connectivity index (χ4n) is 13.2. The van der Waals surface area contributed by atoms with Crippen LogP contribution in [0.25, 0.3) is 21.7 Å². The number of Topliss-reactive ketones (excluding diaryl/α,β-unsaturated/α-hetero) is 1. The first-order valence-electron chi connectivity index (χ1n) is 28.8. The number of carbonyl (C=O) groups is 4. The van der Waals surface area contributed by atoms with Crippen molar-refractivity contribution in [3.63, 3.8) is 0 Å². The number of hydrogen-bond donors (Lipinski definition) is 7. The third-order valence-electron chi connectivity index (χ3n) is 18.6. The van der Waals surface area contributed by atoms with Gasteiger partial charge in [-0.3, -0.25) is 29.1 Å². The molecule has 4 fully saturated rings. The third kappa shape index (κ3) is 10.6. The predicted molar refractivity (Wildman–Crippen MR) is 310 cm³/mol. The number of esters is 1. The van der Waals surface area contributed by atoms with Crippen LogP contribution in [0, 0.1) is 42.3 Å². The average Bonchev–Trinajstić information content (AvgIpc) is 1.93. The zero-order valence-corrected chi connectivity index (χ0v) is 48.7. The number of ketones is 1. The van der Waals surface area contributed by atoms with Gasteiger partial charge in [0.1, 0.15) is 34.7 Å². The molecule has 2 saturated carbocycles. The lowest BCUT2D eigenvalue weighted by Gasteiger charge is -2.41. The zero-order valence-electron chi connectivity index (χ0n) is 48.7. The van der Waals surface area contributed by atoms with Gasteiger partial charge in [-0.2, -0.15) is 5.10 Å². The Hall–Kier alpha value is -7.53. The number of piperazine rings is 1. The van der Waals surface area contributed by atoms with Crippen molar-refractivity contribution in [2.24, 2.45) is 34.7 Å². The van der Waals surface area contributed by atoms with E-state index in [1.807, 2.05) is 4.90 Å². The summed E-state index contributed by atoms with van der Waals surface area (Å²) in [6, 6.07) is 2.92. The number of hydrogen-bond acceptors (Lipinski definition) is 18. The minimum Gasteiger partial charge on any atom is -0.507 e. The number of aliphatic hydroxyl groups is 2. The minimum absolute atomic E-state index is 0.0172. The number of ether oxygens (including phenoxy) is 4. The summed E-state index contributed by atoms with van der Waals surface area (Å²) in [5.74, 6) is -10.6. The standard InChI is InChI=1S/C62H75FN6O15/c1-30-11-10-12-31(2)59(78)65-49-40(27-64-68-22-20-67(21-23-68)62(17-18-62)37-15-19-66(28-37)44-26-43-39(25-42(44)63)53(74)41(60(79)80)29-69(43)38-13-14-38)54(75)46-47(55(49)76)52(73)35(6)57-48(46)58(77)61(8,84-57)82-24-16-45(81-9)32(3)56(83-36(7)70)34(5)51(72)33(4)50(30)71/h10-12,16,24-27,29-30,32-34,37-38,45,50-51,56,71-73,75-76H,13-15,17-23,28H2,1-9H3,(H,65,78)(H,79,80)/b11-10+,24-16+,31-12-,64-27+/t30-,32+,33+,34+,37?,45-,50-,51+,56+,61-/m0/s1. The first-order valence-corrected chi connectivity index (χ1v) is 28.8. The maximum absolute atomic E-state index is 16.0. The number of aliphatic hydroxyl groups excluding tert-OH is 2. The summed E-state index contributed by atoms with van der Waals surface area (Å²) in [6.45, 7) is 15.7. The number of rotatable bonds is 9. The monoisotopic (exact) mass is 1160 g/mol. The highest BCUT2D eigenvalue weighted by atomic mass is 19.1. The number of phenolic OH excluding ortho intramolecular Hbond substituents is 3. The van der Waals surface area contributed by atoms with Gasteiger partial charge in [0, 0.05) is 124 Å². The van der Waals surface area contributed by atoms with Crippen molar-refractivity contribution >= 4 is 62.9 Å². The molecule has 6 heterocycles. The number of carbonyl (C=O) groups excluding carboxylic acids is 3. The Morgan fingerprint density at radius 3 is 2.24 bits per heavy atom. The van der Waals surface area contributed by atoms with Crippen molar-refractivity contribution in [3.05, 3.63) is 92.8 Å². The number of aromatic carboxylic acids is 1. The molecule has 10 atom stereocenters. The topological polar surface area (TPSA) is 283 Å². The van der Waals surface area contributed by atoms with E-state index in [1.54, 1.807) is 55.5 Å². The normalized spacial score (nSPS) is 30.1. The van der Waals surface area contributed by atoms with Crippen molar-refractivity contribution in [2.45, 2.75) is 129 Å². The van der Waals surface area contributed by atoms with Crippen LogP contribution in [0.3, 0.4) is 0 Å². The van der Waals surface area contributed by atoms with E-state index in [-0.39, 0.29) is 72.9 Å². The van der Waals surface area contributed by atoms with Crippen LogP contribution in [-0.2, 0) is 23.8 Å². The molecular formula is C62H75FN6O15. The van der Waals surface area contributed by atoms with E-state index < -0.39 is 106 Å². The van der Waals surface area contributed by atoms with E-state index in [4.69, 9.17) is 24.0 Å². The van der Waals surface area contributed by atoms with Gasteiger partial charge in [-0.05, 0) is 70.1 Å². The Kier molecular flexibility index (Phi) is 16.2. The number of nitrogens with zero attached hydrogens (tertiary/aromatic N) is 5. The fraction of sp³-hybridized carbons (Fsp3) is 0.516. The summed E-state index contributed by atoms with van der Waals surface area (Å²) in [6.07, 6.45) is 10.4. The molecule has 5 bridgehead atoms. The first-order chi connectivity index (χ1) is 39.8. The molecule has 5 aliphatic heterocycles. The Morgan fingerprint density at radius 2 is 1.60 bits per heavy atom. The first kappa shape index (κ1) is 59.6. The van der Waals surface area contributed by atoms with Crippen molar-refractivity contribution in [2.75, 3.05) is 56.6 Å². The number of hydrazone groups is 1. The predicted octanol–water partition coefficient (Wildman–Crippen LogP) is 7.25. The van der Waals surface area contributed by atoms with Crippen LogP contribution in [0.15, 0.2) is 64.4 Å². The van der Waals surface area contributed by atoms with Gasteiger partial charge in [0.05, 0.1) is 64.2 Å². The molecule has 0 spiro atoms. The Bertz CT molecular complexity index is 3530. The molecule has 1 aromatic heterocycles. The second-order valence-electron chi connectivity index (χ2n) is 24.0. The molecule has 3 aromatic carbocycles. The summed E-state index contributed by atoms with van der Waals surface area (Å²) in [5.41, 5.74) is -0.927. The van der Waals surface area contributed by atoms with Gasteiger partial charge < -0.3 is 64.4 Å². The number of phenols is 3. The van der Waals surface area contributed by atoms with Crippen molar-refractivity contribution in [1.29, 1.82) is 0 Å². The molecular weight excluding hydrogens is 1090 g/mol. The molecule has 1 amide bonds. The van der Waals surface area contributed by atoms with Gasteiger partial charge in [0.15, 0.2) is 5.75 Å². The number of carboxylic acids is 1. The van der Waals surface area contributed by atoms with Gasteiger partial charge in [-0.15, -0.1) is 0 Å². The number of amides is 1. The summed E-state index contributed by atoms with van der Waals surface area (Å²) < 4.78 is 41.7. The Labute approximate surface area is 485 Å². The van der Waals surface area contributed by atoms with E-state index in [1.165, 1.54) is 71.7 Å². The van der Waals surface area contributed by atoms with Gasteiger partial charge in [0.2, 0.25) is 5.43 Å².